The molecule has 3 aromatic rings. The van der Waals surface area contributed by atoms with E-state index in [1.807, 2.05) is 72.8 Å². The van der Waals surface area contributed by atoms with Gasteiger partial charge in [-0.05, 0) is 35.9 Å². The normalized spacial score (nSPS) is 14.3. The molecule has 0 bridgehead atoms. The SMILES string of the molecule is O=C1Nc2ccc(Br)cc2/C1=N\N=C\c1ccccc1OCc1ccccc1. The van der Waals surface area contributed by atoms with Gasteiger partial charge in [0.05, 0.1) is 11.9 Å². The van der Waals surface area contributed by atoms with E-state index >= 15 is 0 Å². The van der Waals surface area contributed by atoms with E-state index in [1.54, 1.807) is 6.21 Å². The largest absolute Gasteiger partial charge is 0.488 e. The first kappa shape index (κ1) is 18.1. The number of rotatable bonds is 5. The highest BCUT2D eigenvalue weighted by Crippen LogP contribution is 2.27. The van der Waals surface area contributed by atoms with E-state index in [9.17, 15) is 4.79 Å². The summed E-state index contributed by atoms with van der Waals surface area (Å²) in [4.78, 5) is 12.2. The highest BCUT2D eigenvalue weighted by molar-refractivity contribution is 9.10. The van der Waals surface area contributed by atoms with Crippen molar-refractivity contribution in [2.45, 2.75) is 6.61 Å². The molecule has 0 aliphatic carbocycles. The molecule has 1 amide bonds. The van der Waals surface area contributed by atoms with Crippen molar-refractivity contribution in [1.29, 1.82) is 0 Å². The molecule has 5 nitrogen and oxygen atoms in total. The van der Waals surface area contributed by atoms with Gasteiger partial charge in [-0.3, -0.25) is 4.79 Å². The fourth-order valence-corrected chi connectivity index (χ4v) is 3.19. The Kier molecular flexibility index (Phi) is 5.30. The van der Waals surface area contributed by atoms with Gasteiger partial charge < -0.3 is 10.1 Å². The quantitative estimate of drug-likeness (QED) is 0.463. The van der Waals surface area contributed by atoms with Crippen LogP contribution >= 0.6 is 15.9 Å². The van der Waals surface area contributed by atoms with E-state index in [4.69, 9.17) is 4.74 Å². The number of benzene rings is 3. The second-order valence-electron chi connectivity index (χ2n) is 6.15. The summed E-state index contributed by atoms with van der Waals surface area (Å²) in [6, 6.07) is 23.1. The Hall–Kier alpha value is -3.25. The molecule has 0 aromatic heterocycles. The number of fused-ring (bicyclic) bond motifs is 1. The molecule has 0 atom stereocenters. The Balaban J connectivity index is 1.54. The van der Waals surface area contributed by atoms with Crippen molar-refractivity contribution in [2.75, 3.05) is 5.32 Å². The van der Waals surface area contributed by atoms with Crippen molar-refractivity contribution in [3.63, 3.8) is 0 Å². The van der Waals surface area contributed by atoms with Crippen LogP contribution in [0.25, 0.3) is 0 Å². The van der Waals surface area contributed by atoms with Crippen LogP contribution in [0.5, 0.6) is 5.75 Å². The van der Waals surface area contributed by atoms with Crippen LogP contribution in [0, 0.1) is 0 Å². The lowest BCUT2D eigenvalue weighted by molar-refractivity contribution is -0.110. The van der Waals surface area contributed by atoms with Crippen molar-refractivity contribution in [2.24, 2.45) is 10.2 Å². The van der Waals surface area contributed by atoms with Gasteiger partial charge in [-0.1, -0.05) is 58.4 Å². The summed E-state index contributed by atoms with van der Waals surface area (Å²) >= 11 is 3.41. The van der Waals surface area contributed by atoms with E-state index in [-0.39, 0.29) is 11.6 Å². The molecular formula is C22H16BrN3O2. The summed E-state index contributed by atoms with van der Waals surface area (Å²) in [5.41, 5.74) is 3.61. The molecule has 3 aromatic carbocycles. The summed E-state index contributed by atoms with van der Waals surface area (Å²) in [7, 11) is 0. The van der Waals surface area contributed by atoms with Crippen LogP contribution in [0.1, 0.15) is 16.7 Å². The fourth-order valence-electron chi connectivity index (χ4n) is 2.83. The van der Waals surface area contributed by atoms with Crippen molar-refractivity contribution in [3.8, 4) is 5.75 Å². The van der Waals surface area contributed by atoms with Crippen LogP contribution < -0.4 is 10.1 Å². The molecule has 138 valence electrons. The van der Waals surface area contributed by atoms with Crippen molar-refractivity contribution in [3.05, 3.63) is 94.0 Å². The lowest BCUT2D eigenvalue weighted by Crippen LogP contribution is -2.13. The number of carbonyl (C=O) groups is 1. The number of carbonyl (C=O) groups excluding carboxylic acids is 1. The molecule has 0 saturated heterocycles. The van der Waals surface area contributed by atoms with E-state index in [0.717, 1.165) is 26.9 Å². The van der Waals surface area contributed by atoms with Gasteiger partial charge in [0.15, 0.2) is 5.71 Å². The maximum absolute atomic E-state index is 12.2. The lowest BCUT2D eigenvalue weighted by atomic mass is 10.1. The highest BCUT2D eigenvalue weighted by Gasteiger charge is 2.26. The van der Waals surface area contributed by atoms with E-state index in [0.29, 0.717) is 12.4 Å². The molecule has 1 N–H and O–H groups in total. The number of nitrogens with one attached hydrogen (secondary N) is 1. The molecular weight excluding hydrogens is 418 g/mol. The molecule has 0 saturated carbocycles. The second kappa shape index (κ2) is 8.19. The van der Waals surface area contributed by atoms with Crippen LogP contribution in [0.15, 0.2) is 87.5 Å². The Morgan fingerprint density at radius 2 is 1.79 bits per heavy atom. The van der Waals surface area contributed by atoms with E-state index in [2.05, 4.69) is 31.4 Å². The third-order valence-electron chi connectivity index (χ3n) is 4.21. The third-order valence-corrected chi connectivity index (χ3v) is 4.70. The zero-order valence-corrected chi connectivity index (χ0v) is 16.4. The maximum atomic E-state index is 12.2. The molecule has 6 heteroatoms. The maximum Gasteiger partial charge on any atom is 0.276 e. The predicted molar refractivity (Wildman–Crippen MR) is 114 cm³/mol. The summed E-state index contributed by atoms with van der Waals surface area (Å²) in [6.07, 6.45) is 1.59. The van der Waals surface area contributed by atoms with Gasteiger partial charge in [-0.25, -0.2) is 0 Å². The van der Waals surface area contributed by atoms with Crippen molar-refractivity contribution >= 4 is 39.5 Å². The first-order chi connectivity index (χ1) is 13.7. The average molecular weight is 434 g/mol. The predicted octanol–water partition coefficient (Wildman–Crippen LogP) is 4.80. The molecule has 1 aliphatic rings. The molecule has 1 aliphatic heterocycles. The molecule has 0 radical (unpaired) electrons. The minimum atomic E-state index is -0.265. The van der Waals surface area contributed by atoms with Crippen molar-refractivity contribution in [1.82, 2.24) is 0 Å². The van der Waals surface area contributed by atoms with Crippen LogP contribution in [-0.4, -0.2) is 17.8 Å². The monoisotopic (exact) mass is 433 g/mol. The summed E-state index contributed by atoms with van der Waals surface area (Å²) < 4.78 is 6.79. The lowest BCUT2D eigenvalue weighted by Gasteiger charge is -2.08. The number of hydrogen-bond acceptors (Lipinski definition) is 4. The van der Waals surface area contributed by atoms with Crippen LogP contribution in [-0.2, 0) is 11.4 Å². The smallest absolute Gasteiger partial charge is 0.276 e. The summed E-state index contributed by atoms with van der Waals surface area (Å²) in [6.45, 7) is 0.462. The van der Waals surface area contributed by atoms with Gasteiger partial charge in [0.2, 0.25) is 0 Å². The van der Waals surface area contributed by atoms with Crippen molar-refractivity contribution < 1.29 is 9.53 Å². The Morgan fingerprint density at radius 3 is 2.64 bits per heavy atom. The number of hydrogen-bond donors (Lipinski definition) is 1. The number of ether oxygens (including phenoxy) is 1. The highest BCUT2D eigenvalue weighted by atomic mass is 79.9. The van der Waals surface area contributed by atoms with Crippen LogP contribution in [0.2, 0.25) is 0 Å². The molecule has 0 unspecified atom stereocenters. The zero-order valence-electron chi connectivity index (χ0n) is 14.8. The number of anilines is 1. The second-order valence-corrected chi connectivity index (χ2v) is 7.06. The van der Waals surface area contributed by atoms with Gasteiger partial charge in [-0.2, -0.15) is 5.10 Å². The van der Waals surface area contributed by atoms with Crippen LogP contribution in [0.3, 0.4) is 0 Å². The number of nitrogens with zero attached hydrogens (tertiary/aromatic N) is 2. The molecule has 4 rings (SSSR count). The zero-order chi connectivity index (χ0) is 19.3. The van der Waals surface area contributed by atoms with E-state index in [1.165, 1.54) is 0 Å². The van der Waals surface area contributed by atoms with Gasteiger partial charge >= 0.3 is 0 Å². The molecule has 1 heterocycles. The summed E-state index contributed by atoms with van der Waals surface area (Å²) in [5, 5.41) is 11.0. The van der Waals surface area contributed by atoms with E-state index < -0.39 is 0 Å². The van der Waals surface area contributed by atoms with Crippen LogP contribution in [0.4, 0.5) is 5.69 Å². The van der Waals surface area contributed by atoms with Gasteiger partial charge in [0.25, 0.3) is 5.91 Å². The number of halogens is 1. The Morgan fingerprint density at radius 1 is 1.00 bits per heavy atom. The topological polar surface area (TPSA) is 63.0 Å². The molecule has 28 heavy (non-hydrogen) atoms. The molecule has 0 spiro atoms. The average Bonchev–Trinajstić information content (AvgIpc) is 3.03. The van der Waals surface area contributed by atoms with Gasteiger partial charge in [0, 0.05) is 15.6 Å². The Labute approximate surface area is 170 Å². The fraction of sp³-hybridized carbons (Fsp3) is 0.0455. The first-order valence-corrected chi connectivity index (χ1v) is 9.48. The minimum absolute atomic E-state index is 0.265. The number of amides is 1. The summed E-state index contributed by atoms with van der Waals surface area (Å²) in [5.74, 6) is 0.438. The minimum Gasteiger partial charge on any atom is -0.488 e. The standard InChI is InChI=1S/C22H16BrN3O2/c23-17-10-11-19-18(12-17)21(22(27)25-19)26-24-13-16-8-4-5-9-20(16)28-14-15-6-2-1-3-7-15/h1-13H,14H2,(H,25,26,27)/b24-13+. The third kappa shape index (κ3) is 4.02. The Bertz CT molecular complexity index is 1080. The van der Waals surface area contributed by atoms with Gasteiger partial charge in [-0.15, -0.1) is 5.10 Å². The number of para-hydroxylation sites is 1. The first-order valence-electron chi connectivity index (χ1n) is 8.69. The van der Waals surface area contributed by atoms with Gasteiger partial charge in [0.1, 0.15) is 12.4 Å². The molecule has 0 fully saturated rings.